The smallest absolute Gasteiger partial charge is 0.336 e. The SMILES string of the molecule is CCCCCCCCOc1c2ccoc2cc2oc(=O)ccc12. The molecule has 2 heterocycles. The van der Waals surface area contributed by atoms with Crippen LogP contribution in [0.1, 0.15) is 45.4 Å². The van der Waals surface area contributed by atoms with E-state index in [0.29, 0.717) is 17.8 Å². The molecule has 4 heteroatoms. The maximum atomic E-state index is 11.4. The Balaban J connectivity index is 1.75. The zero-order valence-corrected chi connectivity index (χ0v) is 13.5. The van der Waals surface area contributed by atoms with E-state index in [-0.39, 0.29) is 5.63 Å². The van der Waals surface area contributed by atoms with Crippen molar-refractivity contribution in [3.63, 3.8) is 0 Å². The fourth-order valence-electron chi connectivity index (χ4n) is 2.82. The Morgan fingerprint density at radius 1 is 0.957 bits per heavy atom. The van der Waals surface area contributed by atoms with Crippen LogP contribution in [0.4, 0.5) is 0 Å². The number of fused-ring (bicyclic) bond motifs is 2. The number of unbranched alkanes of at least 4 members (excludes halogenated alkanes) is 5. The van der Waals surface area contributed by atoms with Crippen LogP contribution in [0, 0.1) is 0 Å². The van der Waals surface area contributed by atoms with Crippen molar-refractivity contribution in [1.29, 1.82) is 0 Å². The molecule has 4 nitrogen and oxygen atoms in total. The maximum absolute atomic E-state index is 11.4. The summed E-state index contributed by atoms with van der Waals surface area (Å²) < 4.78 is 16.7. The third-order valence-corrected chi connectivity index (χ3v) is 4.05. The molecule has 0 aliphatic rings. The number of furan rings is 1. The van der Waals surface area contributed by atoms with Gasteiger partial charge in [0.25, 0.3) is 0 Å². The van der Waals surface area contributed by atoms with Crippen LogP contribution in [0.15, 0.2) is 44.2 Å². The Morgan fingerprint density at radius 3 is 2.61 bits per heavy atom. The molecular formula is C19H22O4. The summed E-state index contributed by atoms with van der Waals surface area (Å²) in [5.74, 6) is 0.739. The van der Waals surface area contributed by atoms with Crippen LogP contribution in [0.25, 0.3) is 21.9 Å². The first kappa shape index (κ1) is 15.7. The van der Waals surface area contributed by atoms with Crippen LogP contribution in [0.5, 0.6) is 5.75 Å². The first-order valence-corrected chi connectivity index (χ1v) is 8.36. The van der Waals surface area contributed by atoms with Crippen LogP contribution < -0.4 is 10.4 Å². The van der Waals surface area contributed by atoms with Gasteiger partial charge in [0.05, 0.1) is 23.6 Å². The predicted octanol–water partition coefficient (Wildman–Crippen LogP) is 5.28. The molecule has 0 spiro atoms. The van der Waals surface area contributed by atoms with Crippen molar-refractivity contribution in [2.24, 2.45) is 0 Å². The van der Waals surface area contributed by atoms with Crippen molar-refractivity contribution in [2.45, 2.75) is 45.4 Å². The van der Waals surface area contributed by atoms with Gasteiger partial charge in [-0.15, -0.1) is 0 Å². The minimum absolute atomic E-state index is 0.370. The Bertz CT molecular complexity index is 828. The highest BCUT2D eigenvalue weighted by Crippen LogP contribution is 2.35. The van der Waals surface area contributed by atoms with Gasteiger partial charge in [0.1, 0.15) is 16.9 Å². The summed E-state index contributed by atoms with van der Waals surface area (Å²) in [7, 11) is 0. The van der Waals surface area contributed by atoms with Crippen LogP contribution >= 0.6 is 0 Å². The summed E-state index contributed by atoms with van der Waals surface area (Å²) in [6, 6.07) is 6.80. The minimum atomic E-state index is -0.370. The molecule has 0 aliphatic carbocycles. The molecule has 0 radical (unpaired) electrons. The van der Waals surface area contributed by atoms with E-state index in [1.54, 1.807) is 18.4 Å². The molecule has 3 rings (SSSR count). The van der Waals surface area contributed by atoms with E-state index in [0.717, 1.165) is 22.9 Å². The molecule has 0 aliphatic heterocycles. The Hall–Kier alpha value is -2.23. The lowest BCUT2D eigenvalue weighted by Gasteiger charge is -2.10. The third kappa shape index (κ3) is 3.58. The molecule has 3 aromatic rings. The van der Waals surface area contributed by atoms with E-state index in [4.69, 9.17) is 13.6 Å². The molecule has 0 saturated carbocycles. The van der Waals surface area contributed by atoms with Crippen molar-refractivity contribution >= 4 is 21.9 Å². The van der Waals surface area contributed by atoms with Crippen LogP contribution in [0.2, 0.25) is 0 Å². The Kier molecular flexibility index (Phi) is 5.01. The third-order valence-electron chi connectivity index (χ3n) is 4.05. The topological polar surface area (TPSA) is 52.6 Å². The van der Waals surface area contributed by atoms with Gasteiger partial charge < -0.3 is 13.6 Å². The lowest BCUT2D eigenvalue weighted by molar-refractivity contribution is 0.310. The standard InChI is InChI=1S/C19H22O4/c1-2-3-4-5-6-7-11-22-19-14-8-9-18(20)23-17(14)13-16-15(19)10-12-21-16/h8-10,12-13H,2-7,11H2,1H3. The van der Waals surface area contributed by atoms with Gasteiger partial charge in [0.15, 0.2) is 0 Å². The van der Waals surface area contributed by atoms with Crippen molar-refractivity contribution in [3.8, 4) is 5.75 Å². The van der Waals surface area contributed by atoms with E-state index < -0.39 is 0 Å². The number of hydrogen-bond acceptors (Lipinski definition) is 4. The van der Waals surface area contributed by atoms with E-state index >= 15 is 0 Å². The van der Waals surface area contributed by atoms with Gasteiger partial charge in [-0.05, 0) is 18.6 Å². The van der Waals surface area contributed by atoms with E-state index in [2.05, 4.69) is 6.92 Å². The summed E-state index contributed by atoms with van der Waals surface area (Å²) in [6.45, 7) is 2.88. The van der Waals surface area contributed by atoms with Gasteiger partial charge in [0, 0.05) is 12.1 Å². The van der Waals surface area contributed by atoms with Crippen LogP contribution in [-0.4, -0.2) is 6.61 Å². The number of ether oxygens (including phenoxy) is 1. The largest absolute Gasteiger partial charge is 0.492 e. The highest BCUT2D eigenvalue weighted by molar-refractivity contribution is 6.01. The minimum Gasteiger partial charge on any atom is -0.492 e. The molecule has 1 aromatic carbocycles. The number of rotatable bonds is 8. The second kappa shape index (κ2) is 7.36. The molecule has 23 heavy (non-hydrogen) atoms. The molecule has 0 amide bonds. The van der Waals surface area contributed by atoms with Crippen molar-refractivity contribution in [3.05, 3.63) is 40.9 Å². The molecule has 0 unspecified atom stereocenters. The van der Waals surface area contributed by atoms with Gasteiger partial charge in [-0.3, -0.25) is 0 Å². The predicted molar refractivity (Wildman–Crippen MR) is 91.1 cm³/mol. The Labute approximate surface area is 135 Å². The fourth-order valence-corrected chi connectivity index (χ4v) is 2.82. The molecule has 0 fully saturated rings. The lowest BCUT2D eigenvalue weighted by atomic mass is 10.1. The van der Waals surface area contributed by atoms with Gasteiger partial charge in [-0.25, -0.2) is 4.79 Å². The highest BCUT2D eigenvalue weighted by Gasteiger charge is 2.13. The monoisotopic (exact) mass is 314 g/mol. The fraction of sp³-hybridized carbons (Fsp3) is 0.421. The highest BCUT2D eigenvalue weighted by atomic mass is 16.5. The first-order valence-electron chi connectivity index (χ1n) is 8.36. The zero-order valence-electron chi connectivity index (χ0n) is 13.5. The number of hydrogen-bond donors (Lipinski definition) is 0. The quantitative estimate of drug-likeness (QED) is 0.419. The normalized spacial score (nSPS) is 11.3. The van der Waals surface area contributed by atoms with Crippen molar-refractivity contribution < 1.29 is 13.6 Å². The average molecular weight is 314 g/mol. The average Bonchev–Trinajstić information content (AvgIpc) is 3.01. The van der Waals surface area contributed by atoms with Gasteiger partial charge in [-0.1, -0.05) is 39.0 Å². The summed E-state index contributed by atoms with van der Waals surface area (Å²) in [6.07, 6.45) is 8.93. The van der Waals surface area contributed by atoms with Gasteiger partial charge >= 0.3 is 5.63 Å². The first-order chi connectivity index (χ1) is 11.3. The number of benzene rings is 1. The summed E-state index contributed by atoms with van der Waals surface area (Å²) >= 11 is 0. The Morgan fingerprint density at radius 2 is 1.74 bits per heavy atom. The summed E-state index contributed by atoms with van der Waals surface area (Å²) in [5, 5.41) is 1.72. The molecule has 2 aromatic heterocycles. The maximum Gasteiger partial charge on any atom is 0.336 e. The van der Waals surface area contributed by atoms with E-state index in [9.17, 15) is 4.79 Å². The molecule has 0 saturated heterocycles. The van der Waals surface area contributed by atoms with Gasteiger partial charge in [0.2, 0.25) is 0 Å². The van der Waals surface area contributed by atoms with E-state index in [1.165, 1.54) is 38.2 Å². The van der Waals surface area contributed by atoms with Gasteiger partial charge in [-0.2, -0.15) is 0 Å². The second-order valence-corrected chi connectivity index (χ2v) is 5.82. The van der Waals surface area contributed by atoms with Crippen molar-refractivity contribution in [1.82, 2.24) is 0 Å². The van der Waals surface area contributed by atoms with Crippen LogP contribution in [-0.2, 0) is 0 Å². The van der Waals surface area contributed by atoms with Crippen LogP contribution in [0.3, 0.4) is 0 Å². The molecule has 122 valence electrons. The molecule has 0 atom stereocenters. The van der Waals surface area contributed by atoms with E-state index in [1.807, 2.05) is 6.07 Å². The zero-order chi connectivity index (χ0) is 16.1. The lowest BCUT2D eigenvalue weighted by Crippen LogP contribution is -2.00. The molecule has 0 N–H and O–H groups in total. The summed E-state index contributed by atoms with van der Waals surface area (Å²) in [5.41, 5.74) is 0.799. The molecular weight excluding hydrogens is 292 g/mol. The molecule has 0 bridgehead atoms. The van der Waals surface area contributed by atoms with Crippen molar-refractivity contribution in [2.75, 3.05) is 6.61 Å². The second-order valence-electron chi connectivity index (χ2n) is 5.82. The summed E-state index contributed by atoms with van der Waals surface area (Å²) in [4.78, 5) is 11.4.